The molecule has 0 aliphatic rings. The molecule has 17 heavy (non-hydrogen) atoms. The van der Waals surface area contributed by atoms with Gasteiger partial charge in [-0.15, -0.1) is 11.8 Å². The van der Waals surface area contributed by atoms with Crippen LogP contribution in [0.25, 0.3) is 0 Å². The van der Waals surface area contributed by atoms with E-state index in [2.05, 4.69) is 22.3 Å². The number of nitrogens with zero attached hydrogens (tertiary/aromatic N) is 2. The Balaban J connectivity index is 2.01. The van der Waals surface area contributed by atoms with Crippen molar-refractivity contribution in [2.75, 3.05) is 0 Å². The number of hydrogen-bond donors (Lipinski definition) is 1. The van der Waals surface area contributed by atoms with Crippen molar-refractivity contribution in [2.24, 2.45) is 5.73 Å². The van der Waals surface area contributed by atoms with E-state index in [1.165, 1.54) is 0 Å². The molecule has 0 aliphatic heterocycles. The lowest BCUT2D eigenvalue weighted by Crippen LogP contribution is -2.04. The molecular weight excluding hydrogens is 234 g/mol. The molecule has 1 unspecified atom stereocenters. The first kappa shape index (κ1) is 12.1. The van der Waals surface area contributed by atoms with Gasteiger partial charge in [0.2, 0.25) is 5.89 Å². The van der Waals surface area contributed by atoms with Gasteiger partial charge in [0.15, 0.2) is 5.82 Å². The Morgan fingerprint density at radius 2 is 2.29 bits per heavy atom. The topological polar surface area (TPSA) is 64.9 Å². The zero-order valence-corrected chi connectivity index (χ0v) is 10.7. The average molecular weight is 249 g/mol. The molecule has 0 bridgehead atoms. The lowest BCUT2D eigenvalue weighted by atomic mass is 10.1. The highest BCUT2D eigenvalue weighted by Crippen LogP contribution is 2.24. The van der Waals surface area contributed by atoms with E-state index >= 15 is 0 Å². The molecule has 0 amide bonds. The van der Waals surface area contributed by atoms with Crippen LogP contribution in [0.1, 0.15) is 30.2 Å². The monoisotopic (exact) mass is 249 g/mol. The van der Waals surface area contributed by atoms with E-state index in [0.717, 1.165) is 10.5 Å². The number of aromatic nitrogens is 2. The van der Waals surface area contributed by atoms with Crippen molar-refractivity contribution in [3.05, 3.63) is 41.5 Å². The summed E-state index contributed by atoms with van der Waals surface area (Å²) < 4.78 is 5.06. The van der Waals surface area contributed by atoms with Crippen molar-refractivity contribution in [1.29, 1.82) is 0 Å². The van der Waals surface area contributed by atoms with Crippen LogP contribution in [-0.4, -0.2) is 10.1 Å². The first-order valence-electron chi connectivity index (χ1n) is 5.42. The molecule has 0 aliphatic carbocycles. The third-order valence-electron chi connectivity index (χ3n) is 2.32. The van der Waals surface area contributed by atoms with Crippen LogP contribution >= 0.6 is 11.8 Å². The van der Waals surface area contributed by atoms with Crippen LogP contribution in [0.4, 0.5) is 0 Å². The second kappa shape index (κ2) is 5.33. The Kier molecular flexibility index (Phi) is 3.81. The van der Waals surface area contributed by atoms with E-state index in [9.17, 15) is 0 Å². The van der Waals surface area contributed by atoms with Gasteiger partial charge >= 0.3 is 0 Å². The molecule has 1 atom stereocenters. The van der Waals surface area contributed by atoms with E-state index in [0.29, 0.717) is 17.5 Å². The molecule has 1 heterocycles. The molecule has 0 radical (unpaired) electrons. The molecule has 0 spiro atoms. The summed E-state index contributed by atoms with van der Waals surface area (Å²) in [5, 5.41) is 3.76. The minimum atomic E-state index is 0.0567. The van der Waals surface area contributed by atoms with Gasteiger partial charge in [0.05, 0.1) is 5.75 Å². The summed E-state index contributed by atoms with van der Waals surface area (Å²) in [4.78, 5) is 5.32. The van der Waals surface area contributed by atoms with E-state index in [1.54, 1.807) is 11.8 Å². The molecule has 2 N–H and O–H groups in total. The molecule has 5 heteroatoms. The van der Waals surface area contributed by atoms with Gasteiger partial charge in [-0.2, -0.15) is 4.98 Å². The Hall–Kier alpha value is -1.33. The largest absolute Gasteiger partial charge is 0.338 e. The predicted octanol–water partition coefficient (Wildman–Crippen LogP) is 2.69. The number of rotatable bonds is 4. The van der Waals surface area contributed by atoms with E-state index in [1.807, 2.05) is 26.0 Å². The molecule has 0 fully saturated rings. The van der Waals surface area contributed by atoms with Crippen molar-refractivity contribution in [3.63, 3.8) is 0 Å². The van der Waals surface area contributed by atoms with Crippen molar-refractivity contribution in [1.82, 2.24) is 10.1 Å². The smallest absolute Gasteiger partial charge is 0.236 e. The van der Waals surface area contributed by atoms with Gasteiger partial charge in [-0.05, 0) is 31.5 Å². The van der Waals surface area contributed by atoms with Gasteiger partial charge in [0.1, 0.15) is 0 Å². The summed E-state index contributed by atoms with van der Waals surface area (Å²) in [6.45, 7) is 3.79. The summed E-state index contributed by atoms with van der Waals surface area (Å²) in [7, 11) is 0. The molecule has 4 nitrogen and oxygen atoms in total. The van der Waals surface area contributed by atoms with Crippen molar-refractivity contribution in [3.8, 4) is 0 Å². The maximum Gasteiger partial charge on any atom is 0.236 e. The molecule has 2 rings (SSSR count). The fourth-order valence-electron chi connectivity index (χ4n) is 1.43. The molecule has 1 aromatic heterocycles. The summed E-state index contributed by atoms with van der Waals surface area (Å²) in [5.74, 6) is 2.01. The number of hydrogen-bond acceptors (Lipinski definition) is 5. The van der Waals surface area contributed by atoms with Crippen LogP contribution < -0.4 is 5.73 Å². The first-order valence-corrected chi connectivity index (χ1v) is 6.41. The fourth-order valence-corrected chi connectivity index (χ4v) is 2.23. The quantitative estimate of drug-likeness (QED) is 0.844. The maximum atomic E-state index is 5.84. The van der Waals surface area contributed by atoms with Gasteiger partial charge in [-0.3, -0.25) is 0 Å². The first-order chi connectivity index (χ1) is 8.15. The Morgan fingerprint density at radius 1 is 1.47 bits per heavy atom. The second-order valence-electron chi connectivity index (χ2n) is 3.89. The molecule has 2 aromatic rings. The standard InChI is InChI=1S/C12H15N3OS/c1-8(13)10-4-3-5-11(6-10)17-7-12-14-9(2)15-16-12/h3-6,8H,7,13H2,1-2H3. The maximum absolute atomic E-state index is 5.84. The summed E-state index contributed by atoms with van der Waals surface area (Å²) >= 11 is 1.67. The highest BCUT2D eigenvalue weighted by atomic mass is 32.2. The summed E-state index contributed by atoms with van der Waals surface area (Å²) in [6.07, 6.45) is 0. The highest BCUT2D eigenvalue weighted by Gasteiger charge is 2.05. The second-order valence-corrected chi connectivity index (χ2v) is 4.93. The lowest BCUT2D eigenvalue weighted by Gasteiger charge is -2.06. The van der Waals surface area contributed by atoms with Crippen LogP contribution in [0.3, 0.4) is 0 Å². The fraction of sp³-hybridized carbons (Fsp3) is 0.333. The Labute approximate surface area is 105 Å². The van der Waals surface area contributed by atoms with Gasteiger partial charge < -0.3 is 10.3 Å². The SMILES string of the molecule is Cc1noc(CSc2cccc(C(C)N)c2)n1. The zero-order chi connectivity index (χ0) is 12.3. The third-order valence-corrected chi connectivity index (χ3v) is 3.29. The highest BCUT2D eigenvalue weighted by molar-refractivity contribution is 7.98. The average Bonchev–Trinajstić information content (AvgIpc) is 2.73. The van der Waals surface area contributed by atoms with E-state index < -0.39 is 0 Å². The van der Waals surface area contributed by atoms with Gasteiger partial charge in [0, 0.05) is 10.9 Å². The van der Waals surface area contributed by atoms with Crippen molar-refractivity contribution >= 4 is 11.8 Å². The molecular formula is C12H15N3OS. The molecule has 1 aromatic carbocycles. The minimum absolute atomic E-state index is 0.0567. The Bertz CT molecular complexity index is 496. The third kappa shape index (κ3) is 3.31. The lowest BCUT2D eigenvalue weighted by molar-refractivity contribution is 0.387. The molecule has 0 saturated carbocycles. The van der Waals surface area contributed by atoms with Gasteiger partial charge in [0.25, 0.3) is 0 Å². The number of aryl methyl sites for hydroxylation is 1. The normalized spacial score (nSPS) is 12.6. The molecule has 90 valence electrons. The summed E-state index contributed by atoms with van der Waals surface area (Å²) in [6, 6.07) is 8.26. The predicted molar refractivity (Wildman–Crippen MR) is 67.6 cm³/mol. The number of benzene rings is 1. The summed E-state index contributed by atoms with van der Waals surface area (Å²) in [5.41, 5.74) is 6.98. The zero-order valence-electron chi connectivity index (χ0n) is 9.88. The van der Waals surface area contributed by atoms with E-state index in [4.69, 9.17) is 10.3 Å². The van der Waals surface area contributed by atoms with Crippen LogP contribution in [0.15, 0.2) is 33.7 Å². The molecule has 0 saturated heterocycles. The van der Waals surface area contributed by atoms with Crippen LogP contribution in [-0.2, 0) is 5.75 Å². The van der Waals surface area contributed by atoms with Crippen LogP contribution in [0.5, 0.6) is 0 Å². The van der Waals surface area contributed by atoms with Crippen LogP contribution in [0.2, 0.25) is 0 Å². The van der Waals surface area contributed by atoms with Gasteiger partial charge in [-0.25, -0.2) is 0 Å². The Morgan fingerprint density at radius 3 is 2.94 bits per heavy atom. The van der Waals surface area contributed by atoms with Crippen LogP contribution in [0, 0.1) is 6.92 Å². The van der Waals surface area contributed by atoms with Crippen molar-refractivity contribution < 1.29 is 4.52 Å². The van der Waals surface area contributed by atoms with E-state index in [-0.39, 0.29) is 6.04 Å². The minimum Gasteiger partial charge on any atom is -0.338 e. The number of thioether (sulfide) groups is 1. The van der Waals surface area contributed by atoms with Gasteiger partial charge in [-0.1, -0.05) is 17.3 Å². The number of nitrogens with two attached hydrogens (primary N) is 1. The van der Waals surface area contributed by atoms with Crippen molar-refractivity contribution in [2.45, 2.75) is 30.5 Å².